The van der Waals surface area contributed by atoms with Gasteiger partial charge in [0.05, 0.1) is 18.0 Å². The molecule has 0 atom stereocenters. The maximum atomic E-state index is 11.6. The van der Waals surface area contributed by atoms with Crippen molar-refractivity contribution in [2.75, 3.05) is 30.8 Å². The van der Waals surface area contributed by atoms with Gasteiger partial charge < -0.3 is 9.47 Å². The summed E-state index contributed by atoms with van der Waals surface area (Å²) in [6, 6.07) is 8.23. The summed E-state index contributed by atoms with van der Waals surface area (Å²) in [5.74, 6) is 0.316. The first-order valence-corrected chi connectivity index (χ1v) is 6.82. The zero-order chi connectivity index (χ0) is 13.4. The fourth-order valence-corrected chi connectivity index (χ4v) is 2.16. The van der Waals surface area contributed by atoms with Crippen LogP contribution < -0.4 is 9.46 Å². The second-order valence-electron chi connectivity index (χ2n) is 3.39. The Labute approximate surface area is 106 Å². The number of hydrogen-bond acceptors (Lipinski definition) is 5. The number of rotatable bonds is 7. The van der Waals surface area contributed by atoms with Crippen LogP contribution in [0.1, 0.15) is 0 Å². The van der Waals surface area contributed by atoms with E-state index in [1.165, 1.54) is 13.2 Å². The molecule has 0 saturated heterocycles. The summed E-state index contributed by atoms with van der Waals surface area (Å²) >= 11 is 0. The number of anilines is 1. The summed E-state index contributed by atoms with van der Waals surface area (Å²) < 4.78 is 35.4. The Morgan fingerprint density at radius 3 is 2.89 bits per heavy atom. The van der Waals surface area contributed by atoms with Crippen LogP contribution in [0.2, 0.25) is 0 Å². The molecule has 1 aromatic rings. The van der Waals surface area contributed by atoms with Crippen molar-refractivity contribution < 1.29 is 17.9 Å². The van der Waals surface area contributed by atoms with Crippen LogP contribution in [0.5, 0.6) is 5.75 Å². The van der Waals surface area contributed by atoms with E-state index >= 15 is 0 Å². The van der Waals surface area contributed by atoms with Gasteiger partial charge in [0.25, 0.3) is 0 Å². The highest BCUT2D eigenvalue weighted by Gasteiger charge is 2.10. The molecule has 0 bridgehead atoms. The topological polar surface area (TPSA) is 88.4 Å². The second kappa shape index (κ2) is 6.83. The highest BCUT2D eigenvalue weighted by atomic mass is 32.2. The van der Waals surface area contributed by atoms with Gasteiger partial charge in [0.2, 0.25) is 10.0 Å². The van der Waals surface area contributed by atoms with Crippen molar-refractivity contribution in [3.8, 4) is 11.8 Å². The number of benzene rings is 1. The summed E-state index contributed by atoms with van der Waals surface area (Å²) in [4.78, 5) is 0. The van der Waals surface area contributed by atoms with E-state index in [1.54, 1.807) is 18.2 Å². The molecule has 0 saturated carbocycles. The van der Waals surface area contributed by atoms with E-state index in [0.29, 0.717) is 11.4 Å². The molecule has 0 amide bonds. The Hall–Kier alpha value is -1.78. The van der Waals surface area contributed by atoms with Crippen molar-refractivity contribution in [1.82, 2.24) is 0 Å². The molecule has 0 aliphatic heterocycles. The Morgan fingerprint density at radius 1 is 1.44 bits per heavy atom. The molecule has 0 aliphatic rings. The van der Waals surface area contributed by atoms with Crippen LogP contribution in [0.4, 0.5) is 5.69 Å². The van der Waals surface area contributed by atoms with E-state index < -0.39 is 10.0 Å². The van der Waals surface area contributed by atoms with Gasteiger partial charge in [-0.05, 0) is 12.1 Å². The average Bonchev–Trinajstić information content (AvgIpc) is 2.34. The SMILES string of the molecule is COCCS(=O)(=O)Nc1cccc(OCC#N)c1. The van der Waals surface area contributed by atoms with Crippen LogP contribution in [-0.4, -0.2) is 34.5 Å². The molecule has 0 radical (unpaired) electrons. The first kappa shape index (κ1) is 14.3. The Balaban J connectivity index is 2.70. The number of nitrogens with one attached hydrogen (secondary N) is 1. The third-order valence-electron chi connectivity index (χ3n) is 1.97. The standard InChI is InChI=1S/C11H14N2O4S/c1-16-7-8-18(14,15)13-10-3-2-4-11(9-10)17-6-5-12/h2-4,9,13H,6-8H2,1H3. The summed E-state index contributed by atoms with van der Waals surface area (Å²) in [5.41, 5.74) is 0.390. The van der Waals surface area contributed by atoms with Crippen LogP contribution in [0.15, 0.2) is 24.3 Å². The van der Waals surface area contributed by atoms with Crippen molar-refractivity contribution in [3.63, 3.8) is 0 Å². The second-order valence-corrected chi connectivity index (χ2v) is 5.23. The number of nitriles is 1. The van der Waals surface area contributed by atoms with Gasteiger partial charge in [-0.2, -0.15) is 5.26 Å². The van der Waals surface area contributed by atoms with Crippen LogP contribution >= 0.6 is 0 Å². The van der Waals surface area contributed by atoms with E-state index in [0.717, 1.165) is 0 Å². The monoisotopic (exact) mass is 270 g/mol. The zero-order valence-corrected chi connectivity index (χ0v) is 10.7. The number of hydrogen-bond donors (Lipinski definition) is 1. The molecule has 0 aromatic heterocycles. The maximum absolute atomic E-state index is 11.6. The molecular weight excluding hydrogens is 256 g/mol. The van der Waals surface area contributed by atoms with Crippen molar-refractivity contribution >= 4 is 15.7 Å². The van der Waals surface area contributed by atoms with Gasteiger partial charge in [-0.25, -0.2) is 8.42 Å². The predicted molar refractivity (Wildman–Crippen MR) is 66.8 cm³/mol. The van der Waals surface area contributed by atoms with Gasteiger partial charge in [0, 0.05) is 13.2 Å². The maximum Gasteiger partial charge on any atom is 0.235 e. The fourth-order valence-electron chi connectivity index (χ4n) is 1.19. The molecule has 98 valence electrons. The van der Waals surface area contributed by atoms with E-state index in [2.05, 4.69) is 4.72 Å². The number of ether oxygens (including phenoxy) is 2. The van der Waals surface area contributed by atoms with Crippen LogP contribution in [0.3, 0.4) is 0 Å². The molecule has 1 N–H and O–H groups in total. The van der Waals surface area contributed by atoms with Gasteiger partial charge in [-0.1, -0.05) is 6.07 Å². The fraction of sp³-hybridized carbons (Fsp3) is 0.364. The lowest BCUT2D eigenvalue weighted by atomic mass is 10.3. The van der Waals surface area contributed by atoms with Crippen molar-refractivity contribution in [2.24, 2.45) is 0 Å². The molecule has 7 heteroatoms. The molecule has 0 fully saturated rings. The molecule has 18 heavy (non-hydrogen) atoms. The quantitative estimate of drug-likeness (QED) is 0.797. The molecule has 6 nitrogen and oxygen atoms in total. The summed E-state index contributed by atoms with van der Waals surface area (Å²) in [5, 5.41) is 8.38. The smallest absolute Gasteiger partial charge is 0.235 e. The predicted octanol–water partition coefficient (Wildman–Crippen LogP) is 0.977. The average molecular weight is 270 g/mol. The van der Waals surface area contributed by atoms with Crippen molar-refractivity contribution in [3.05, 3.63) is 24.3 Å². The van der Waals surface area contributed by atoms with E-state index in [1.807, 2.05) is 6.07 Å². The first-order valence-electron chi connectivity index (χ1n) is 5.16. The van der Waals surface area contributed by atoms with Gasteiger partial charge >= 0.3 is 0 Å². The summed E-state index contributed by atoms with van der Waals surface area (Å²) in [7, 11) is -1.99. The lowest BCUT2D eigenvalue weighted by Gasteiger charge is -2.09. The van der Waals surface area contributed by atoms with E-state index in [-0.39, 0.29) is 19.0 Å². The first-order chi connectivity index (χ1) is 8.57. The highest BCUT2D eigenvalue weighted by molar-refractivity contribution is 7.92. The normalized spacial score (nSPS) is 10.7. The molecule has 1 rings (SSSR count). The molecule has 0 spiro atoms. The number of sulfonamides is 1. The zero-order valence-electron chi connectivity index (χ0n) is 9.92. The van der Waals surface area contributed by atoms with Gasteiger partial charge in [-0.15, -0.1) is 0 Å². The molecule has 1 aromatic carbocycles. The van der Waals surface area contributed by atoms with Gasteiger partial charge in [0.15, 0.2) is 6.61 Å². The Morgan fingerprint density at radius 2 is 2.22 bits per heavy atom. The molecule has 0 aliphatic carbocycles. The van der Waals surface area contributed by atoms with Gasteiger partial charge in [-0.3, -0.25) is 4.72 Å². The van der Waals surface area contributed by atoms with E-state index in [9.17, 15) is 8.42 Å². The lowest BCUT2D eigenvalue weighted by Crippen LogP contribution is -2.19. The minimum Gasteiger partial charge on any atom is -0.479 e. The number of nitrogens with zero attached hydrogens (tertiary/aromatic N) is 1. The Kier molecular flexibility index (Phi) is 5.42. The lowest BCUT2D eigenvalue weighted by molar-refractivity contribution is 0.217. The third-order valence-corrected chi connectivity index (χ3v) is 3.22. The van der Waals surface area contributed by atoms with Gasteiger partial charge in [0.1, 0.15) is 11.8 Å². The van der Waals surface area contributed by atoms with Crippen molar-refractivity contribution in [1.29, 1.82) is 5.26 Å². The minimum atomic E-state index is -3.43. The third kappa shape index (κ3) is 5.03. The molecule has 0 heterocycles. The van der Waals surface area contributed by atoms with E-state index in [4.69, 9.17) is 14.7 Å². The number of methoxy groups -OCH3 is 1. The van der Waals surface area contributed by atoms with Crippen LogP contribution in [-0.2, 0) is 14.8 Å². The minimum absolute atomic E-state index is 0.0835. The Bertz CT molecular complexity index is 522. The van der Waals surface area contributed by atoms with Crippen LogP contribution in [0.25, 0.3) is 0 Å². The largest absolute Gasteiger partial charge is 0.479 e. The summed E-state index contributed by atoms with van der Waals surface area (Å²) in [6.07, 6.45) is 0. The van der Waals surface area contributed by atoms with Crippen molar-refractivity contribution in [2.45, 2.75) is 0 Å². The highest BCUT2D eigenvalue weighted by Crippen LogP contribution is 2.18. The molecule has 0 unspecified atom stereocenters. The van der Waals surface area contributed by atoms with Crippen LogP contribution in [0, 0.1) is 11.3 Å². The molecular formula is C11H14N2O4S. The summed E-state index contributed by atoms with van der Waals surface area (Å²) in [6.45, 7) is 0.0415.